The average Bonchev–Trinajstić information content (AvgIpc) is 2.38. The zero-order valence-electron chi connectivity index (χ0n) is 11.9. The van der Waals surface area contributed by atoms with E-state index in [1.165, 1.54) is 6.92 Å². The number of aryl methyl sites for hydroxylation is 1. The number of hydrogen-bond acceptors (Lipinski definition) is 6. The first-order valence-electron chi connectivity index (χ1n) is 6.50. The Hall–Kier alpha value is -2.11. The number of carbonyl (C=O) groups excluding carboxylic acids is 2. The molecule has 0 bridgehead atoms. The van der Waals surface area contributed by atoms with E-state index in [0.717, 1.165) is 12.5 Å². The van der Waals surface area contributed by atoms with E-state index >= 15 is 0 Å². The number of unbranched alkanes of at least 4 members (excludes halogenated alkanes) is 1. The Morgan fingerprint density at radius 1 is 1.20 bits per heavy atom. The van der Waals surface area contributed by atoms with E-state index in [1.54, 1.807) is 6.92 Å². The van der Waals surface area contributed by atoms with Crippen LogP contribution < -0.4 is 5.63 Å². The summed E-state index contributed by atoms with van der Waals surface area (Å²) >= 11 is 0. The zero-order chi connectivity index (χ0) is 15.1. The van der Waals surface area contributed by atoms with Gasteiger partial charge in [-0.05, 0) is 20.3 Å². The summed E-state index contributed by atoms with van der Waals surface area (Å²) in [6, 6.07) is 0.952. The van der Waals surface area contributed by atoms with Gasteiger partial charge in [0.25, 0.3) is 0 Å². The van der Waals surface area contributed by atoms with Gasteiger partial charge in [-0.3, -0.25) is 0 Å². The maximum absolute atomic E-state index is 11.9. The van der Waals surface area contributed by atoms with Crippen LogP contribution in [0.2, 0.25) is 0 Å². The molecule has 1 heterocycles. The van der Waals surface area contributed by atoms with Crippen molar-refractivity contribution >= 4 is 11.9 Å². The van der Waals surface area contributed by atoms with E-state index in [4.69, 9.17) is 13.9 Å². The fourth-order valence-electron chi connectivity index (χ4n) is 1.62. The Kier molecular flexibility index (Phi) is 5.96. The zero-order valence-corrected chi connectivity index (χ0v) is 11.9. The van der Waals surface area contributed by atoms with Crippen molar-refractivity contribution in [1.29, 1.82) is 0 Å². The van der Waals surface area contributed by atoms with Crippen molar-refractivity contribution in [2.24, 2.45) is 0 Å². The van der Waals surface area contributed by atoms with Gasteiger partial charge < -0.3 is 13.9 Å². The molecule has 0 atom stereocenters. The Bertz CT molecular complexity index is 543. The van der Waals surface area contributed by atoms with Crippen molar-refractivity contribution in [3.63, 3.8) is 0 Å². The topological polar surface area (TPSA) is 82.8 Å². The fourth-order valence-corrected chi connectivity index (χ4v) is 1.62. The van der Waals surface area contributed by atoms with Crippen molar-refractivity contribution in [2.75, 3.05) is 13.2 Å². The van der Waals surface area contributed by atoms with Gasteiger partial charge in [0.1, 0.15) is 11.3 Å². The van der Waals surface area contributed by atoms with Crippen LogP contribution in [0.5, 0.6) is 0 Å². The normalized spacial score (nSPS) is 10.2. The second-order valence-electron chi connectivity index (χ2n) is 4.12. The van der Waals surface area contributed by atoms with Crippen LogP contribution in [0.3, 0.4) is 0 Å². The minimum Gasteiger partial charge on any atom is -0.462 e. The molecule has 0 aliphatic rings. The second-order valence-corrected chi connectivity index (χ2v) is 4.12. The third-order valence-corrected chi connectivity index (χ3v) is 2.57. The molecular weight excluding hydrogens is 264 g/mol. The smallest absolute Gasteiger partial charge is 0.342 e. The Morgan fingerprint density at radius 2 is 1.90 bits per heavy atom. The lowest BCUT2D eigenvalue weighted by Gasteiger charge is -2.09. The molecule has 0 aromatic carbocycles. The molecule has 0 fully saturated rings. The standard InChI is InChI=1S/C14H18O6/c1-4-6-7-19-13(16)10-8-11(15)20-9(3)12(10)14(17)18-5-2/h8H,4-7H2,1-3H3. The molecule has 6 nitrogen and oxygen atoms in total. The van der Waals surface area contributed by atoms with E-state index in [9.17, 15) is 14.4 Å². The molecule has 1 aromatic heterocycles. The molecule has 0 amide bonds. The lowest BCUT2D eigenvalue weighted by molar-refractivity contribution is 0.0459. The number of rotatable bonds is 6. The molecule has 0 spiro atoms. The highest BCUT2D eigenvalue weighted by Crippen LogP contribution is 2.15. The van der Waals surface area contributed by atoms with Crippen molar-refractivity contribution in [1.82, 2.24) is 0 Å². The van der Waals surface area contributed by atoms with Crippen LogP contribution in [-0.2, 0) is 9.47 Å². The van der Waals surface area contributed by atoms with Gasteiger partial charge in [-0.2, -0.15) is 0 Å². The lowest BCUT2D eigenvalue weighted by atomic mass is 10.1. The monoisotopic (exact) mass is 282 g/mol. The molecule has 0 radical (unpaired) electrons. The first-order valence-corrected chi connectivity index (χ1v) is 6.50. The molecule has 0 N–H and O–H groups in total. The maximum atomic E-state index is 11.9. The van der Waals surface area contributed by atoms with Gasteiger partial charge in [-0.15, -0.1) is 0 Å². The van der Waals surface area contributed by atoms with Crippen molar-refractivity contribution in [2.45, 2.75) is 33.6 Å². The molecule has 0 saturated carbocycles. The molecule has 0 unspecified atom stereocenters. The summed E-state index contributed by atoms with van der Waals surface area (Å²) in [6.07, 6.45) is 1.58. The summed E-state index contributed by atoms with van der Waals surface area (Å²) in [4.78, 5) is 35.1. The molecule has 0 saturated heterocycles. The van der Waals surface area contributed by atoms with Gasteiger partial charge in [-0.25, -0.2) is 14.4 Å². The first kappa shape index (κ1) is 15.9. The van der Waals surface area contributed by atoms with E-state index in [1.807, 2.05) is 6.92 Å². The highest BCUT2D eigenvalue weighted by molar-refractivity contribution is 6.03. The molecular formula is C14H18O6. The Morgan fingerprint density at radius 3 is 2.50 bits per heavy atom. The maximum Gasteiger partial charge on any atom is 0.342 e. The lowest BCUT2D eigenvalue weighted by Crippen LogP contribution is -2.19. The fraction of sp³-hybridized carbons (Fsp3) is 0.500. The minimum atomic E-state index is -0.725. The first-order chi connectivity index (χ1) is 9.51. The van der Waals surface area contributed by atoms with Crippen LogP contribution in [0, 0.1) is 6.92 Å². The van der Waals surface area contributed by atoms with Crippen LogP contribution >= 0.6 is 0 Å². The second kappa shape index (κ2) is 7.47. The third kappa shape index (κ3) is 3.94. The van der Waals surface area contributed by atoms with Crippen molar-refractivity contribution in [3.8, 4) is 0 Å². The summed E-state index contributed by atoms with van der Waals surface area (Å²) in [5.74, 6) is -1.40. The minimum absolute atomic E-state index is 0.0402. The molecule has 1 rings (SSSR count). The number of hydrogen-bond donors (Lipinski definition) is 0. The van der Waals surface area contributed by atoms with Gasteiger partial charge in [0, 0.05) is 6.07 Å². The molecule has 0 aliphatic carbocycles. The summed E-state index contributed by atoms with van der Waals surface area (Å²) in [5, 5.41) is 0. The summed E-state index contributed by atoms with van der Waals surface area (Å²) < 4.78 is 14.7. The SMILES string of the molecule is CCCCOC(=O)c1cc(=O)oc(C)c1C(=O)OCC. The summed E-state index contributed by atoms with van der Waals surface area (Å²) in [7, 11) is 0. The Balaban J connectivity index is 3.12. The van der Waals surface area contributed by atoms with Gasteiger partial charge in [0.2, 0.25) is 0 Å². The van der Waals surface area contributed by atoms with Crippen LogP contribution in [0.25, 0.3) is 0 Å². The van der Waals surface area contributed by atoms with Gasteiger partial charge in [-0.1, -0.05) is 13.3 Å². The van der Waals surface area contributed by atoms with Crippen LogP contribution in [0.1, 0.15) is 53.2 Å². The van der Waals surface area contributed by atoms with Gasteiger partial charge >= 0.3 is 17.6 Å². The van der Waals surface area contributed by atoms with E-state index < -0.39 is 17.6 Å². The van der Waals surface area contributed by atoms with E-state index in [-0.39, 0.29) is 30.1 Å². The van der Waals surface area contributed by atoms with Crippen LogP contribution in [-0.4, -0.2) is 25.2 Å². The van der Waals surface area contributed by atoms with Gasteiger partial charge in [0.15, 0.2) is 0 Å². The van der Waals surface area contributed by atoms with Crippen molar-refractivity contribution < 1.29 is 23.5 Å². The van der Waals surface area contributed by atoms with E-state index in [2.05, 4.69) is 0 Å². The summed E-state index contributed by atoms with van der Waals surface area (Å²) in [6.45, 7) is 5.42. The van der Waals surface area contributed by atoms with Crippen LogP contribution in [0.4, 0.5) is 0 Å². The van der Waals surface area contributed by atoms with Crippen LogP contribution in [0.15, 0.2) is 15.3 Å². The molecule has 1 aromatic rings. The van der Waals surface area contributed by atoms with E-state index in [0.29, 0.717) is 6.42 Å². The Labute approximate surface area is 116 Å². The van der Waals surface area contributed by atoms with Gasteiger partial charge in [0.05, 0.1) is 18.8 Å². The molecule has 110 valence electrons. The number of esters is 2. The molecule has 20 heavy (non-hydrogen) atoms. The van der Waals surface area contributed by atoms with Crippen molar-refractivity contribution in [3.05, 3.63) is 33.4 Å². The summed E-state index contributed by atoms with van der Waals surface area (Å²) in [5.41, 5.74) is -0.890. The predicted octanol–water partition coefficient (Wildman–Crippen LogP) is 2.08. The quantitative estimate of drug-likeness (QED) is 0.587. The highest BCUT2D eigenvalue weighted by Gasteiger charge is 2.24. The number of ether oxygens (including phenoxy) is 2. The third-order valence-electron chi connectivity index (χ3n) is 2.57. The predicted molar refractivity (Wildman–Crippen MR) is 70.9 cm³/mol. The molecule has 0 aliphatic heterocycles. The molecule has 6 heteroatoms. The highest BCUT2D eigenvalue weighted by atomic mass is 16.5. The number of carbonyl (C=O) groups is 2. The average molecular weight is 282 g/mol. The largest absolute Gasteiger partial charge is 0.462 e.